The van der Waals surface area contributed by atoms with Crippen molar-refractivity contribution in [2.24, 2.45) is 0 Å². The summed E-state index contributed by atoms with van der Waals surface area (Å²) in [5.74, 6) is 0.209. The molecule has 0 aliphatic carbocycles. The highest BCUT2D eigenvalue weighted by atomic mass is 16.2. The monoisotopic (exact) mass is 315 g/mol. The lowest BCUT2D eigenvalue weighted by Crippen LogP contribution is -2.42. The minimum Gasteiger partial charge on any atom is -0.371 e. The van der Waals surface area contributed by atoms with Gasteiger partial charge in [-0.3, -0.25) is 4.79 Å². The Bertz CT molecular complexity index is 537. The van der Waals surface area contributed by atoms with Gasteiger partial charge < -0.3 is 14.7 Å². The molecular formula is C19H29N3O. The van der Waals surface area contributed by atoms with Gasteiger partial charge in [-0.25, -0.2) is 0 Å². The fourth-order valence-corrected chi connectivity index (χ4v) is 3.78. The standard InChI is InChI=1S/C19H29N3O/c1-20(2)16-9-5-6-14-22(15-16)19(23)17-10-3-4-11-18(17)21-12-7-8-13-21/h3-4,10-11,16H,5-9,12-15H2,1-2H3. The van der Waals surface area contributed by atoms with Crippen molar-refractivity contribution in [1.82, 2.24) is 9.80 Å². The van der Waals surface area contributed by atoms with Gasteiger partial charge in [0.15, 0.2) is 0 Å². The van der Waals surface area contributed by atoms with Gasteiger partial charge in [0, 0.05) is 37.9 Å². The molecule has 2 heterocycles. The van der Waals surface area contributed by atoms with Gasteiger partial charge >= 0.3 is 0 Å². The van der Waals surface area contributed by atoms with E-state index in [1.165, 1.54) is 25.7 Å². The molecule has 2 saturated heterocycles. The Labute approximate surface area is 140 Å². The third-order valence-corrected chi connectivity index (χ3v) is 5.25. The molecular weight excluding hydrogens is 286 g/mol. The van der Waals surface area contributed by atoms with Crippen LogP contribution in [0.5, 0.6) is 0 Å². The summed E-state index contributed by atoms with van der Waals surface area (Å²) in [5, 5.41) is 0. The number of hydrogen-bond acceptors (Lipinski definition) is 3. The number of benzene rings is 1. The van der Waals surface area contributed by atoms with Crippen LogP contribution >= 0.6 is 0 Å². The number of carbonyl (C=O) groups excluding carboxylic acids is 1. The number of para-hydroxylation sites is 1. The Balaban J connectivity index is 1.81. The van der Waals surface area contributed by atoms with E-state index in [2.05, 4.69) is 40.9 Å². The summed E-state index contributed by atoms with van der Waals surface area (Å²) in [4.78, 5) is 19.9. The van der Waals surface area contributed by atoms with Crippen molar-refractivity contribution >= 4 is 11.6 Å². The highest BCUT2D eigenvalue weighted by molar-refractivity contribution is 6.00. The van der Waals surface area contributed by atoms with E-state index in [0.717, 1.165) is 43.9 Å². The molecule has 0 spiro atoms. The average molecular weight is 315 g/mol. The third kappa shape index (κ3) is 3.69. The maximum atomic E-state index is 13.2. The van der Waals surface area contributed by atoms with E-state index in [1.807, 2.05) is 12.1 Å². The number of nitrogens with zero attached hydrogens (tertiary/aromatic N) is 3. The normalized spacial score (nSPS) is 22.5. The first-order valence-electron chi connectivity index (χ1n) is 8.96. The number of likely N-dealkylation sites (tertiary alicyclic amines) is 1. The van der Waals surface area contributed by atoms with Crippen molar-refractivity contribution in [3.8, 4) is 0 Å². The molecule has 4 heteroatoms. The zero-order chi connectivity index (χ0) is 16.2. The van der Waals surface area contributed by atoms with Crippen molar-refractivity contribution in [3.05, 3.63) is 29.8 Å². The van der Waals surface area contributed by atoms with Gasteiger partial charge in [0.1, 0.15) is 0 Å². The molecule has 1 atom stereocenters. The molecule has 2 aliphatic rings. The van der Waals surface area contributed by atoms with Crippen molar-refractivity contribution in [3.63, 3.8) is 0 Å². The number of hydrogen-bond donors (Lipinski definition) is 0. The Morgan fingerprint density at radius 2 is 1.74 bits per heavy atom. The second-order valence-corrected chi connectivity index (χ2v) is 7.08. The van der Waals surface area contributed by atoms with Crippen LogP contribution in [0.25, 0.3) is 0 Å². The SMILES string of the molecule is CN(C)C1CCCCN(C(=O)c2ccccc2N2CCCC2)C1. The summed E-state index contributed by atoms with van der Waals surface area (Å²) in [5.41, 5.74) is 2.01. The van der Waals surface area contributed by atoms with E-state index in [1.54, 1.807) is 0 Å². The molecule has 3 rings (SSSR count). The molecule has 0 radical (unpaired) electrons. The molecule has 1 aromatic carbocycles. The van der Waals surface area contributed by atoms with Crippen molar-refractivity contribution < 1.29 is 4.79 Å². The summed E-state index contributed by atoms with van der Waals surface area (Å²) in [7, 11) is 4.24. The zero-order valence-electron chi connectivity index (χ0n) is 14.5. The highest BCUT2D eigenvalue weighted by Crippen LogP contribution is 2.26. The van der Waals surface area contributed by atoms with Gasteiger partial charge in [-0.1, -0.05) is 18.6 Å². The van der Waals surface area contributed by atoms with Crippen molar-refractivity contribution in [1.29, 1.82) is 0 Å². The van der Waals surface area contributed by atoms with Crippen LogP contribution in [0.2, 0.25) is 0 Å². The van der Waals surface area contributed by atoms with Gasteiger partial charge in [0.2, 0.25) is 0 Å². The van der Waals surface area contributed by atoms with E-state index >= 15 is 0 Å². The Kier molecular flexibility index (Phi) is 5.21. The molecule has 2 fully saturated rings. The first kappa shape index (κ1) is 16.3. The van der Waals surface area contributed by atoms with Crippen LogP contribution in [0.1, 0.15) is 42.5 Å². The summed E-state index contributed by atoms with van der Waals surface area (Å²) in [6.45, 7) is 3.88. The van der Waals surface area contributed by atoms with Gasteiger partial charge in [-0.05, 0) is 51.9 Å². The van der Waals surface area contributed by atoms with E-state index < -0.39 is 0 Å². The van der Waals surface area contributed by atoms with E-state index in [4.69, 9.17) is 0 Å². The second kappa shape index (κ2) is 7.35. The molecule has 0 aromatic heterocycles. The Hall–Kier alpha value is -1.55. The quantitative estimate of drug-likeness (QED) is 0.858. The van der Waals surface area contributed by atoms with E-state index in [-0.39, 0.29) is 5.91 Å². The van der Waals surface area contributed by atoms with Crippen LogP contribution < -0.4 is 4.90 Å². The first-order chi connectivity index (χ1) is 11.2. The summed E-state index contributed by atoms with van der Waals surface area (Å²) < 4.78 is 0. The molecule has 1 unspecified atom stereocenters. The third-order valence-electron chi connectivity index (χ3n) is 5.25. The summed E-state index contributed by atoms with van der Waals surface area (Å²) >= 11 is 0. The molecule has 1 amide bonds. The number of anilines is 1. The molecule has 4 nitrogen and oxygen atoms in total. The second-order valence-electron chi connectivity index (χ2n) is 7.08. The summed E-state index contributed by atoms with van der Waals surface area (Å²) in [6, 6.07) is 8.63. The molecule has 0 bridgehead atoms. The Morgan fingerprint density at radius 1 is 1.04 bits per heavy atom. The maximum Gasteiger partial charge on any atom is 0.256 e. The van der Waals surface area contributed by atoms with Crippen molar-refractivity contribution in [2.45, 2.75) is 38.1 Å². The van der Waals surface area contributed by atoms with E-state index in [0.29, 0.717) is 6.04 Å². The highest BCUT2D eigenvalue weighted by Gasteiger charge is 2.27. The Morgan fingerprint density at radius 3 is 2.48 bits per heavy atom. The van der Waals surface area contributed by atoms with Gasteiger partial charge in [-0.15, -0.1) is 0 Å². The smallest absolute Gasteiger partial charge is 0.256 e. The molecule has 2 aliphatic heterocycles. The number of amides is 1. The lowest BCUT2D eigenvalue weighted by atomic mass is 10.1. The fourth-order valence-electron chi connectivity index (χ4n) is 3.78. The predicted octanol–water partition coefficient (Wildman–Crippen LogP) is 2.84. The molecule has 0 N–H and O–H groups in total. The largest absolute Gasteiger partial charge is 0.371 e. The molecule has 1 aromatic rings. The van der Waals surface area contributed by atoms with Crippen LogP contribution in [0, 0.1) is 0 Å². The van der Waals surface area contributed by atoms with Crippen LogP contribution in [0.4, 0.5) is 5.69 Å². The van der Waals surface area contributed by atoms with Crippen LogP contribution in [-0.2, 0) is 0 Å². The van der Waals surface area contributed by atoms with Crippen molar-refractivity contribution in [2.75, 3.05) is 45.2 Å². The molecule has 23 heavy (non-hydrogen) atoms. The van der Waals surface area contributed by atoms with Crippen LogP contribution in [-0.4, -0.2) is 62.0 Å². The maximum absolute atomic E-state index is 13.2. The van der Waals surface area contributed by atoms with Crippen LogP contribution in [0.3, 0.4) is 0 Å². The lowest BCUT2D eigenvalue weighted by molar-refractivity contribution is 0.0726. The average Bonchev–Trinajstić information content (AvgIpc) is 2.98. The number of carbonyl (C=O) groups is 1. The minimum absolute atomic E-state index is 0.209. The zero-order valence-corrected chi connectivity index (χ0v) is 14.5. The first-order valence-corrected chi connectivity index (χ1v) is 8.96. The lowest BCUT2D eigenvalue weighted by Gasteiger charge is -2.30. The molecule has 126 valence electrons. The van der Waals surface area contributed by atoms with E-state index in [9.17, 15) is 4.79 Å². The van der Waals surface area contributed by atoms with Gasteiger partial charge in [0.25, 0.3) is 5.91 Å². The number of rotatable bonds is 3. The topological polar surface area (TPSA) is 26.8 Å². The minimum atomic E-state index is 0.209. The van der Waals surface area contributed by atoms with Crippen LogP contribution in [0.15, 0.2) is 24.3 Å². The fraction of sp³-hybridized carbons (Fsp3) is 0.632. The van der Waals surface area contributed by atoms with Gasteiger partial charge in [-0.2, -0.15) is 0 Å². The summed E-state index contributed by atoms with van der Waals surface area (Å²) in [6.07, 6.45) is 5.97. The number of likely N-dealkylation sites (N-methyl/N-ethyl adjacent to an activating group) is 1. The van der Waals surface area contributed by atoms with Gasteiger partial charge in [0.05, 0.1) is 5.56 Å². The molecule has 0 saturated carbocycles. The predicted molar refractivity (Wildman–Crippen MR) is 95.1 cm³/mol.